The van der Waals surface area contributed by atoms with Crippen molar-refractivity contribution in [3.63, 3.8) is 0 Å². The van der Waals surface area contributed by atoms with Gasteiger partial charge in [0.2, 0.25) is 5.91 Å². The van der Waals surface area contributed by atoms with Crippen LogP contribution in [0.3, 0.4) is 0 Å². The van der Waals surface area contributed by atoms with Crippen LogP contribution in [0.25, 0.3) is 0 Å². The Balaban J connectivity index is 1.31. The van der Waals surface area contributed by atoms with Crippen LogP contribution in [-0.2, 0) is 16.0 Å². The molecule has 2 aromatic carbocycles. The van der Waals surface area contributed by atoms with Gasteiger partial charge < -0.3 is 10.1 Å². The van der Waals surface area contributed by atoms with E-state index in [1.165, 1.54) is 17.5 Å². The molecule has 1 amide bonds. The first-order valence-corrected chi connectivity index (χ1v) is 9.95. The van der Waals surface area contributed by atoms with Gasteiger partial charge in [-0.3, -0.25) is 4.79 Å². The molecule has 132 valence electrons. The summed E-state index contributed by atoms with van der Waals surface area (Å²) in [6.07, 6.45) is 4.51. The number of carbonyl (C=O) groups is 1. The number of hydrogen-bond donors (Lipinski definition) is 1. The summed E-state index contributed by atoms with van der Waals surface area (Å²) in [5.41, 5.74) is 2.77. The third-order valence-corrected chi connectivity index (χ3v) is 5.40. The van der Waals surface area contributed by atoms with E-state index in [0.717, 1.165) is 24.2 Å². The summed E-state index contributed by atoms with van der Waals surface area (Å²) in [5.74, 6) is 0.540. The SMILES string of the molecule is O=C(CSc1ccccc1)NCCCOC1CCCc2ccccc21. The Bertz CT molecular complexity index is 675. The molecular formula is C21H25NO2S. The highest BCUT2D eigenvalue weighted by atomic mass is 32.2. The van der Waals surface area contributed by atoms with Crippen molar-refractivity contribution in [1.82, 2.24) is 5.32 Å². The van der Waals surface area contributed by atoms with Crippen LogP contribution in [0.4, 0.5) is 0 Å². The van der Waals surface area contributed by atoms with Gasteiger partial charge in [-0.25, -0.2) is 0 Å². The number of fused-ring (bicyclic) bond motifs is 1. The lowest BCUT2D eigenvalue weighted by molar-refractivity contribution is -0.118. The predicted octanol–water partition coefficient (Wildman–Crippen LogP) is 4.38. The van der Waals surface area contributed by atoms with E-state index in [2.05, 4.69) is 29.6 Å². The van der Waals surface area contributed by atoms with Gasteiger partial charge in [-0.1, -0.05) is 42.5 Å². The molecule has 0 spiro atoms. The van der Waals surface area contributed by atoms with Crippen LogP contribution in [-0.4, -0.2) is 24.8 Å². The first-order valence-electron chi connectivity index (χ1n) is 8.97. The maximum Gasteiger partial charge on any atom is 0.230 e. The van der Waals surface area contributed by atoms with Crippen molar-refractivity contribution in [2.75, 3.05) is 18.9 Å². The summed E-state index contributed by atoms with van der Waals surface area (Å²) in [7, 11) is 0. The lowest BCUT2D eigenvalue weighted by atomic mass is 9.89. The third-order valence-electron chi connectivity index (χ3n) is 4.39. The maximum atomic E-state index is 11.9. The summed E-state index contributed by atoms with van der Waals surface area (Å²) in [4.78, 5) is 13.0. The molecule has 1 atom stereocenters. The topological polar surface area (TPSA) is 38.3 Å². The molecule has 0 fully saturated rings. The minimum Gasteiger partial charge on any atom is -0.373 e. The van der Waals surface area contributed by atoms with Crippen molar-refractivity contribution in [3.05, 3.63) is 65.7 Å². The van der Waals surface area contributed by atoms with Gasteiger partial charge in [0.15, 0.2) is 0 Å². The summed E-state index contributed by atoms with van der Waals surface area (Å²) in [6, 6.07) is 18.6. The maximum absolute atomic E-state index is 11.9. The van der Waals surface area contributed by atoms with Crippen LogP contribution < -0.4 is 5.32 Å². The predicted molar refractivity (Wildman–Crippen MR) is 103 cm³/mol. The lowest BCUT2D eigenvalue weighted by Gasteiger charge is -2.25. The molecule has 0 bridgehead atoms. The second-order valence-electron chi connectivity index (χ2n) is 6.26. The summed E-state index contributed by atoms with van der Waals surface area (Å²) < 4.78 is 6.06. The van der Waals surface area contributed by atoms with Crippen LogP contribution in [0, 0.1) is 0 Å². The van der Waals surface area contributed by atoms with E-state index in [9.17, 15) is 4.79 Å². The zero-order valence-corrected chi connectivity index (χ0v) is 15.3. The molecule has 0 heterocycles. The van der Waals surface area contributed by atoms with E-state index >= 15 is 0 Å². The fourth-order valence-electron chi connectivity index (χ4n) is 3.12. The zero-order chi connectivity index (χ0) is 17.3. The molecule has 1 aliphatic carbocycles. The molecule has 0 aromatic heterocycles. The van der Waals surface area contributed by atoms with E-state index in [1.54, 1.807) is 11.8 Å². The fourth-order valence-corrected chi connectivity index (χ4v) is 3.87. The highest BCUT2D eigenvalue weighted by molar-refractivity contribution is 8.00. The number of aryl methyl sites for hydroxylation is 1. The minimum absolute atomic E-state index is 0.0804. The molecule has 1 aliphatic rings. The molecule has 0 saturated heterocycles. The monoisotopic (exact) mass is 355 g/mol. The van der Waals surface area contributed by atoms with Crippen LogP contribution in [0.15, 0.2) is 59.5 Å². The Hall–Kier alpha value is -1.78. The van der Waals surface area contributed by atoms with Crippen molar-refractivity contribution in [1.29, 1.82) is 0 Å². The Morgan fingerprint density at radius 3 is 2.80 bits per heavy atom. The first-order chi connectivity index (χ1) is 12.3. The quantitative estimate of drug-likeness (QED) is 0.564. The van der Waals surface area contributed by atoms with E-state index < -0.39 is 0 Å². The average Bonchev–Trinajstić information content (AvgIpc) is 2.67. The molecule has 0 saturated carbocycles. The second-order valence-corrected chi connectivity index (χ2v) is 7.30. The molecule has 2 aromatic rings. The standard InChI is InChI=1S/C21H25NO2S/c23-21(16-25-18-10-2-1-3-11-18)22-14-7-15-24-20-13-6-9-17-8-4-5-12-19(17)20/h1-5,8,10-12,20H,6-7,9,13-16H2,(H,22,23). The van der Waals surface area contributed by atoms with Crippen molar-refractivity contribution >= 4 is 17.7 Å². The summed E-state index contributed by atoms with van der Waals surface area (Å²) >= 11 is 1.56. The fraction of sp³-hybridized carbons (Fsp3) is 0.381. The first kappa shape index (κ1) is 18.0. The Labute approximate surface area is 154 Å². The third kappa shape index (κ3) is 5.62. The Morgan fingerprint density at radius 2 is 1.92 bits per heavy atom. The number of thioether (sulfide) groups is 1. The van der Waals surface area contributed by atoms with Gasteiger partial charge in [0.1, 0.15) is 0 Å². The van der Waals surface area contributed by atoms with E-state index in [4.69, 9.17) is 4.74 Å². The number of hydrogen-bond acceptors (Lipinski definition) is 3. The molecule has 1 N–H and O–H groups in total. The zero-order valence-electron chi connectivity index (χ0n) is 14.4. The molecule has 1 unspecified atom stereocenters. The van der Waals surface area contributed by atoms with Gasteiger partial charge >= 0.3 is 0 Å². The smallest absolute Gasteiger partial charge is 0.230 e. The van der Waals surface area contributed by atoms with Crippen molar-refractivity contribution in [2.45, 2.75) is 36.7 Å². The number of nitrogens with one attached hydrogen (secondary N) is 1. The minimum atomic E-state index is 0.0804. The number of benzene rings is 2. The largest absolute Gasteiger partial charge is 0.373 e. The van der Waals surface area contributed by atoms with Gasteiger partial charge in [0, 0.05) is 18.0 Å². The number of carbonyl (C=O) groups excluding carboxylic acids is 1. The van der Waals surface area contributed by atoms with E-state index in [-0.39, 0.29) is 12.0 Å². The van der Waals surface area contributed by atoms with Crippen LogP contribution in [0.2, 0.25) is 0 Å². The average molecular weight is 356 g/mol. The highest BCUT2D eigenvalue weighted by Gasteiger charge is 2.19. The molecular weight excluding hydrogens is 330 g/mol. The van der Waals surface area contributed by atoms with E-state index in [0.29, 0.717) is 18.9 Å². The lowest BCUT2D eigenvalue weighted by Crippen LogP contribution is -2.27. The van der Waals surface area contributed by atoms with Gasteiger partial charge in [0.05, 0.1) is 11.9 Å². The molecule has 3 rings (SSSR count). The highest BCUT2D eigenvalue weighted by Crippen LogP contribution is 2.32. The van der Waals surface area contributed by atoms with Gasteiger partial charge in [-0.2, -0.15) is 0 Å². The molecule has 4 heteroatoms. The second kappa shape index (κ2) is 9.64. The molecule has 3 nitrogen and oxygen atoms in total. The molecule has 0 aliphatic heterocycles. The molecule has 25 heavy (non-hydrogen) atoms. The van der Waals surface area contributed by atoms with Gasteiger partial charge in [-0.05, 0) is 48.9 Å². The van der Waals surface area contributed by atoms with Crippen molar-refractivity contribution in [3.8, 4) is 0 Å². The summed E-state index contributed by atoms with van der Waals surface area (Å²) in [5, 5.41) is 2.97. The Kier molecular flexibility index (Phi) is 6.95. The van der Waals surface area contributed by atoms with E-state index in [1.807, 2.05) is 30.3 Å². The number of ether oxygens (including phenoxy) is 1. The van der Waals surface area contributed by atoms with Crippen molar-refractivity contribution < 1.29 is 9.53 Å². The Morgan fingerprint density at radius 1 is 1.12 bits per heavy atom. The number of amides is 1. The normalized spacial score (nSPS) is 16.2. The van der Waals surface area contributed by atoms with Gasteiger partial charge in [0.25, 0.3) is 0 Å². The molecule has 0 radical (unpaired) electrons. The summed E-state index contributed by atoms with van der Waals surface area (Å²) in [6.45, 7) is 1.35. The van der Waals surface area contributed by atoms with Crippen molar-refractivity contribution in [2.24, 2.45) is 0 Å². The van der Waals surface area contributed by atoms with Crippen LogP contribution in [0.1, 0.15) is 36.5 Å². The van der Waals surface area contributed by atoms with Crippen LogP contribution >= 0.6 is 11.8 Å². The van der Waals surface area contributed by atoms with Crippen LogP contribution in [0.5, 0.6) is 0 Å². The number of rotatable bonds is 8. The van der Waals surface area contributed by atoms with Gasteiger partial charge in [-0.15, -0.1) is 11.8 Å².